The molecule has 0 bridgehead atoms. The normalized spacial score (nSPS) is 16.4. The Balaban J connectivity index is 1.57. The molecule has 0 saturated heterocycles. The van der Waals surface area contributed by atoms with Crippen molar-refractivity contribution in [2.75, 3.05) is 20.6 Å². The van der Waals surface area contributed by atoms with Gasteiger partial charge in [-0.2, -0.15) is 0 Å². The van der Waals surface area contributed by atoms with Crippen LogP contribution >= 0.6 is 11.3 Å². The third-order valence-corrected chi connectivity index (χ3v) is 6.69. The maximum Gasteiger partial charge on any atom is 0.251 e. The minimum absolute atomic E-state index is 0.0663. The van der Waals surface area contributed by atoms with Gasteiger partial charge in [-0.3, -0.25) is 9.79 Å². The summed E-state index contributed by atoms with van der Waals surface area (Å²) < 4.78 is 0. The molecule has 28 heavy (non-hydrogen) atoms. The summed E-state index contributed by atoms with van der Waals surface area (Å²) in [5, 5.41) is 11.8. The largest absolute Gasteiger partial charge is 0.355 e. The van der Waals surface area contributed by atoms with E-state index in [9.17, 15) is 4.79 Å². The first kappa shape index (κ1) is 20.4. The molecule has 0 unspecified atom stereocenters. The molecule has 1 aliphatic rings. The summed E-state index contributed by atoms with van der Waals surface area (Å²) in [6, 6.07) is 12.1. The van der Waals surface area contributed by atoms with Crippen molar-refractivity contribution in [2.45, 2.75) is 44.1 Å². The molecule has 1 amide bonds. The Morgan fingerprint density at radius 2 is 1.86 bits per heavy atom. The van der Waals surface area contributed by atoms with Crippen molar-refractivity contribution in [1.82, 2.24) is 16.0 Å². The average Bonchev–Trinajstić information content (AvgIpc) is 3.30. The Bertz CT molecular complexity index is 777. The molecule has 0 spiro atoms. The number of rotatable bonds is 6. The van der Waals surface area contributed by atoms with Crippen LogP contribution in [0.5, 0.6) is 0 Å². The first-order chi connectivity index (χ1) is 13.7. The minimum Gasteiger partial charge on any atom is -0.355 e. The summed E-state index contributed by atoms with van der Waals surface area (Å²) in [5.41, 5.74) is 2.00. The smallest absolute Gasteiger partial charge is 0.251 e. The first-order valence-electron chi connectivity index (χ1n) is 9.96. The van der Waals surface area contributed by atoms with Gasteiger partial charge in [0.1, 0.15) is 0 Å². The van der Waals surface area contributed by atoms with Crippen molar-refractivity contribution in [1.29, 1.82) is 0 Å². The van der Waals surface area contributed by atoms with Gasteiger partial charge in [-0.1, -0.05) is 37.5 Å². The average molecular weight is 399 g/mol. The molecule has 1 fully saturated rings. The summed E-state index contributed by atoms with van der Waals surface area (Å²) in [5.74, 6) is 0.750. The van der Waals surface area contributed by atoms with Gasteiger partial charge >= 0.3 is 0 Å². The van der Waals surface area contributed by atoms with E-state index in [1.807, 2.05) is 42.6 Å². The zero-order valence-corrected chi connectivity index (χ0v) is 17.6. The SMILES string of the molecule is CN=C(NCc1ccc(C(=O)NC)cc1)NCC1(c2cccs2)CCCCC1. The summed E-state index contributed by atoms with van der Waals surface area (Å²) in [6.07, 6.45) is 6.40. The Hall–Kier alpha value is -2.34. The number of carbonyl (C=O) groups excluding carboxylic acids is 1. The van der Waals surface area contributed by atoms with E-state index < -0.39 is 0 Å². The van der Waals surface area contributed by atoms with E-state index in [0.717, 1.165) is 18.1 Å². The number of guanidine groups is 1. The quantitative estimate of drug-likeness (QED) is 0.514. The van der Waals surface area contributed by atoms with Crippen LogP contribution in [0.2, 0.25) is 0 Å². The Kier molecular flexibility index (Phi) is 7.09. The Morgan fingerprint density at radius 3 is 2.46 bits per heavy atom. The van der Waals surface area contributed by atoms with Crippen LogP contribution in [0, 0.1) is 0 Å². The standard InChI is InChI=1S/C22H30N4OS/c1-23-20(27)18-10-8-17(9-11-18)15-25-21(24-2)26-16-22(12-4-3-5-13-22)19-7-6-14-28-19/h6-11,14H,3-5,12-13,15-16H2,1-2H3,(H,23,27)(H2,24,25,26). The fourth-order valence-corrected chi connectivity index (χ4v) is 4.88. The third-order valence-electron chi connectivity index (χ3n) is 5.58. The highest BCUT2D eigenvalue weighted by atomic mass is 32.1. The third kappa shape index (κ3) is 4.93. The van der Waals surface area contributed by atoms with Crippen LogP contribution in [0.4, 0.5) is 0 Å². The van der Waals surface area contributed by atoms with Crippen LogP contribution in [-0.4, -0.2) is 32.5 Å². The zero-order chi connectivity index (χ0) is 19.8. The number of aliphatic imine (C=N–C) groups is 1. The van der Waals surface area contributed by atoms with Crippen LogP contribution in [0.1, 0.15) is 52.9 Å². The van der Waals surface area contributed by atoms with Crippen molar-refractivity contribution in [3.63, 3.8) is 0 Å². The lowest BCUT2D eigenvalue weighted by atomic mass is 9.73. The summed E-state index contributed by atoms with van der Waals surface area (Å²) in [7, 11) is 3.45. The molecule has 3 rings (SSSR count). The highest BCUT2D eigenvalue weighted by molar-refractivity contribution is 7.10. The number of thiophene rings is 1. The molecule has 0 aliphatic heterocycles. The van der Waals surface area contributed by atoms with Gasteiger partial charge in [-0.15, -0.1) is 11.3 Å². The summed E-state index contributed by atoms with van der Waals surface area (Å²) in [6.45, 7) is 1.57. The molecule has 1 saturated carbocycles. The van der Waals surface area contributed by atoms with Crippen molar-refractivity contribution in [2.24, 2.45) is 4.99 Å². The van der Waals surface area contributed by atoms with Gasteiger partial charge in [0.2, 0.25) is 0 Å². The van der Waals surface area contributed by atoms with Crippen LogP contribution in [0.3, 0.4) is 0 Å². The van der Waals surface area contributed by atoms with Crippen molar-refractivity contribution >= 4 is 23.2 Å². The second-order valence-corrected chi connectivity index (χ2v) is 8.32. The molecule has 1 aliphatic carbocycles. The second kappa shape index (κ2) is 9.73. The fraction of sp³-hybridized carbons (Fsp3) is 0.455. The fourth-order valence-electron chi connectivity index (χ4n) is 3.90. The number of hydrogen-bond donors (Lipinski definition) is 3. The maximum atomic E-state index is 11.6. The van der Waals surface area contributed by atoms with E-state index >= 15 is 0 Å². The number of carbonyl (C=O) groups is 1. The number of amides is 1. The van der Waals surface area contributed by atoms with Gasteiger partial charge in [-0.25, -0.2) is 0 Å². The van der Waals surface area contributed by atoms with Crippen LogP contribution in [0.25, 0.3) is 0 Å². The lowest BCUT2D eigenvalue weighted by Crippen LogP contribution is -2.46. The predicted molar refractivity (Wildman–Crippen MR) is 117 cm³/mol. The van der Waals surface area contributed by atoms with E-state index in [4.69, 9.17) is 0 Å². The van der Waals surface area contributed by atoms with Gasteiger partial charge in [0.05, 0.1) is 0 Å². The van der Waals surface area contributed by atoms with E-state index in [1.165, 1.54) is 37.0 Å². The molecule has 0 radical (unpaired) electrons. The van der Waals surface area contributed by atoms with Crippen molar-refractivity contribution in [3.8, 4) is 0 Å². The highest BCUT2D eigenvalue weighted by Gasteiger charge is 2.34. The van der Waals surface area contributed by atoms with Gasteiger partial charge in [0.25, 0.3) is 5.91 Å². The van der Waals surface area contributed by atoms with Crippen molar-refractivity contribution < 1.29 is 4.79 Å². The zero-order valence-electron chi connectivity index (χ0n) is 16.8. The Morgan fingerprint density at radius 1 is 1.11 bits per heavy atom. The first-order valence-corrected chi connectivity index (χ1v) is 10.8. The van der Waals surface area contributed by atoms with Gasteiger partial charge in [-0.05, 0) is 42.0 Å². The molecule has 1 aromatic carbocycles. The highest BCUT2D eigenvalue weighted by Crippen LogP contribution is 2.41. The molecule has 6 heteroatoms. The predicted octanol–water partition coefficient (Wildman–Crippen LogP) is 3.67. The molecule has 5 nitrogen and oxygen atoms in total. The lowest BCUT2D eigenvalue weighted by molar-refractivity contribution is 0.0963. The number of hydrogen-bond acceptors (Lipinski definition) is 3. The van der Waals surface area contributed by atoms with Crippen molar-refractivity contribution in [3.05, 3.63) is 57.8 Å². The van der Waals surface area contributed by atoms with Gasteiger partial charge < -0.3 is 16.0 Å². The van der Waals surface area contributed by atoms with E-state index in [0.29, 0.717) is 12.1 Å². The molecular weight excluding hydrogens is 368 g/mol. The van der Waals surface area contributed by atoms with E-state index in [-0.39, 0.29) is 11.3 Å². The number of nitrogens with one attached hydrogen (secondary N) is 3. The molecule has 0 atom stereocenters. The van der Waals surface area contributed by atoms with Crippen LogP contribution in [-0.2, 0) is 12.0 Å². The summed E-state index contributed by atoms with van der Waals surface area (Å²) in [4.78, 5) is 17.5. The summed E-state index contributed by atoms with van der Waals surface area (Å²) >= 11 is 1.87. The number of benzene rings is 1. The minimum atomic E-state index is -0.0663. The van der Waals surface area contributed by atoms with Crippen LogP contribution < -0.4 is 16.0 Å². The Labute approximate surface area is 171 Å². The second-order valence-electron chi connectivity index (χ2n) is 7.37. The molecular formula is C22H30N4OS. The molecule has 1 aromatic heterocycles. The molecule has 1 heterocycles. The number of nitrogens with zero attached hydrogens (tertiary/aromatic N) is 1. The molecule has 150 valence electrons. The van der Waals surface area contributed by atoms with Gasteiger partial charge in [0, 0.05) is 43.0 Å². The van der Waals surface area contributed by atoms with E-state index in [1.54, 1.807) is 7.05 Å². The van der Waals surface area contributed by atoms with Crippen LogP contribution in [0.15, 0.2) is 46.8 Å². The maximum absolute atomic E-state index is 11.6. The monoisotopic (exact) mass is 398 g/mol. The van der Waals surface area contributed by atoms with E-state index in [2.05, 4.69) is 38.5 Å². The molecule has 3 N–H and O–H groups in total. The van der Waals surface area contributed by atoms with Gasteiger partial charge in [0.15, 0.2) is 5.96 Å². The lowest BCUT2D eigenvalue weighted by Gasteiger charge is -2.37. The molecule has 2 aromatic rings. The topological polar surface area (TPSA) is 65.5 Å².